The van der Waals surface area contributed by atoms with Gasteiger partial charge in [-0.25, -0.2) is 8.78 Å². The molecule has 120 valence electrons. The van der Waals surface area contributed by atoms with Gasteiger partial charge in [-0.2, -0.15) is 13.2 Å². The van der Waals surface area contributed by atoms with Gasteiger partial charge in [0.1, 0.15) is 0 Å². The first-order valence-electron chi connectivity index (χ1n) is 6.54. The molecule has 0 aliphatic heterocycles. The second kappa shape index (κ2) is 7.17. The average Bonchev–Trinajstić information content (AvgIpc) is 2.35. The van der Waals surface area contributed by atoms with E-state index in [1.807, 2.05) is 0 Å². The summed E-state index contributed by atoms with van der Waals surface area (Å²) in [5, 5.41) is 9.84. The van der Waals surface area contributed by atoms with E-state index in [0.717, 1.165) is 11.0 Å². The minimum atomic E-state index is -4.35. The summed E-state index contributed by atoms with van der Waals surface area (Å²) in [6, 6.07) is 2.99. The maximum absolute atomic E-state index is 13.5. The first kappa shape index (κ1) is 17.8. The molecule has 0 saturated carbocycles. The van der Waals surface area contributed by atoms with Gasteiger partial charge in [-0.1, -0.05) is 12.1 Å². The van der Waals surface area contributed by atoms with Gasteiger partial charge in [0.15, 0.2) is 11.6 Å². The van der Waals surface area contributed by atoms with Crippen molar-refractivity contribution in [1.29, 1.82) is 0 Å². The van der Waals surface area contributed by atoms with Crippen molar-refractivity contribution in [3.8, 4) is 0 Å². The fourth-order valence-electron chi connectivity index (χ4n) is 1.97. The van der Waals surface area contributed by atoms with Crippen LogP contribution in [-0.2, 0) is 0 Å². The Balaban J connectivity index is 2.69. The van der Waals surface area contributed by atoms with Gasteiger partial charge in [0.25, 0.3) is 0 Å². The number of aliphatic hydroxyl groups is 1. The van der Waals surface area contributed by atoms with E-state index >= 15 is 0 Å². The molecule has 1 atom stereocenters. The quantitative estimate of drug-likeness (QED) is 0.811. The summed E-state index contributed by atoms with van der Waals surface area (Å²) in [6.07, 6.45) is -5.82. The van der Waals surface area contributed by atoms with E-state index in [-0.39, 0.29) is 24.6 Å². The fourth-order valence-corrected chi connectivity index (χ4v) is 1.97. The van der Waals surface area contributed by atoms with E-state index in [2.05, 4.69) is 0 Å². The van der Waals surface area contributed by atoms with Crippen LogP contribution >= 0.6 is 0 Å². The van der Waals surface area contributed by atoms with Gasteiger partial charge in [0.05, 0.1) is 12.6 Å². The number of hydrogen-bond acceptors (Lipinski definition) is 2. The molecule has 0 aliphatic rings. The maximum atomic E-state index is 13.5. The molecule has 2 nitrogen and oxygen atoms in total. The second-order valence-electron chi connectivity index (χ2n) is 5.13. The molecular formula is C14H18F5NO. The van der Waals surface area contributed by atoms with Crippen molar-refractivity contribution in [3.63, 3.8) is 0 Å². The van der Waals surface area contributed by atoms with Crippen molar-refractivity contribution in [3.05, 3.63) is 35.4 Å². The zero-order chi connectivity index (χ0) is 16.2. The smallest absolute Gasteiger partial charge is 0.388 e. The van der Waals surface area contributed by atoms with E-state index in [1.54, 1.807) is 13.8 Å². The van der Waals surface area contributed by atoms with Gasteiger partial charge in [-0.15, -0.1) is 0 Å². The predicted molar refractivity (Wildman–Crippen MR) is 68.7 cm³/mol. The minimum absolute atomic E-state index is 0.0751. The highest BCUT2D eigenvalue weighted by atomic mass is 19.4. The van der Waals surface area contributed by atoms with Crippen LogP contribution in [0.5, 0.6) is 0 Å². The lowest BCUT2D eigenvalue weighted by molar-refractivity contribution is -0.150. The molecular weight excluding hydrogens is 293 g/mol. The molecule has 7 heteroatoms. The van der Waals surface area contributed by atoms with E-state index in [9.17, 15) is 27.1 Å². The lowest BCUT2D eigenvalue weighted by atomic mass is 10.1. The van der Waals surface area contributed by atoms with E-state index < -0.39 is 30.5 Å². The van der Waals surface area contributed by atoms with Crippen LogP contribution in [-0.4, -0.2) is 35.3 Å². The Morgan fingerprint density at radius 3 is 2.33 bits per heavy atom. The number of nitrogens with zero attached hydrogens (tertiary/aromatic N) is 1. The van der Waals surface area contributed by atoms with Gasteiger partial charge in [0.2, 0.25) is 0 Å². The number of benzene rings is 1. The number of aliphatic hydroxyl groups excluding tert-OH is 1. The molecule has 0 aromatic heterocycles. The Labute approximate surface area is 120 Å². The first-order chi connectivity index (χ1) is 9.61. The molecule has 0 spiro atoms. The molecule has 1 N–H and O–H groups in total. The summed E-state index contributed by atoms with van der Waals surface area (Å²) >= 11 is 0. The summed E-state index contributed by atoms with van der Waals surface area (Å²) < 4.78 is 63.8. The summed E-state index contributed by atoms with van der Waals surface area (Å²) in [5.74, 6) is -2.26. The van der Waals surface area contributed by atoms with Crippen LogP contribution in [0, 0.1) is 11.6 Å². The van der Waals surface area contributed by atoms with Gasteiger partial charge in [-0.3, -0.25) is 4.90 Å². The van der Waals surface area contributed by atoms with Crippen molar-refractivity contribution in [2.75, 3.05) is 13.1 Å². The predicted octanol–water partition coefficient (Wildman–Crippen LogP) is 3.66. The van der Waals surface area contributed by atoms with Crippen LogP contribution in [0.2, 0.25) is 0 Å². The lowest BCUT2D eigenvalue weighted by Crippen LogP contribution is -2.40. The monoisotopic (exact) mass is 311 g/mol. The number of halogens is 5. The van der Waals surface area contributed by atoms with E-state index in [4.69, 9.17) is 0 Å². The Kier molecular flexibility index (Phi) is 6.10. The largest absolute Gasteiger partial charge is 0.401 e. The fraction of sp³-hybridized carbons (Fsp3) is 0.571. The third-order valence-corrected chi connectivity index (χ3v) is 3.14. The van der Waals surface area contributed by atoms with Gasteiger partial charge >= 0.3 is 6.18 Å². The SMILES string of the molecule is CC(C)N(CCC(O)c1cccc(F)c1F)CC(F)(F)F. The third kappa shape index (κ3) is 5.59. The molecule has 1 aromatic carbocycles. The summed E-state index contributed by atoms with van der Waals surface area (Å²) in [7, 11) is 0. The molecule has 1 unspecified atom stereocenters. The van der Waals surface area contributed by atoms with Gasteiger partial charge in [0, 0.05) is 18.2 Å². The Bertz CT molecular complexity index is 461. The molecule has 0 aliphatic carbocycles. The molecule has 0 saturated heterocycles. The molecule has 0 amide bonds. The van der Waals surface area contributed by atoms with Crippen LogP contribution in [0.4, 0.5) is 22.0 Å². The summed E-state index contributed by atoms with van der Waals surface area (Å²) in [5.41, 5.74) is -0.245. The Morgan fingerprint density at radius 1 is 1.19 bits per heavy atom. The molecule has 0 fully saturated rings. The minimum Gasteiger partial charge on any atom is -0.388 e. The molecule has 1 aromatic rings. The van der Waals surface area contributed by atoms with Crippen molar-refractivity contribution in [2.45, 2.75) is 38.6 Å². The average molecular weight is 311 g/mol. The van der Waals surface area contributed by atoms with Gasteiger partial charge < -0.3 is 5.11 Å². The number of rotatable bonds is 6. The molecule has 0 bridgehead atoms. The Hall–Kier alpha value is -1.21. The van der Waals surface area contributed by atoms with Crippen LogP contribution in [0.15, 0.2) is 18.2 Å². The van der Waals surface area contributed by atoms with Crippen molar-refractivity contribution in [1.82, 2.24) is 4.90 Å². The van der Waals surface area contributed by atoms with Crippen molar-refractivity contribution in [2.24, 2.45) is 0 Å². The highest BCUT2D eigenvalue weighted by Crippen LogP contribution is 2.24. The maximum Gasteiger partial charge on any atom is 0.401 e. The molecule has 0 radical (unpaired) electrons. The molecule has 21 heavy (non-hydrogen) atoms. The zero-order valence-corrected chi connectivity index (χ0v) is 11.8. The van der Waals surface area contributed by atoms with E-state index in [1.165, 1.54) is 12.1 Å². The van der Waals surface area contributed by atoms with Crippen LogP contribution in [0.1, 0.15) is 31.9 Å². The molecule has 1 rings (SSSR count). The van der Waals surface area contributed by atoms with Crippen LogP contribution in [0.3, 0.4) is 0 Å². The third-order valence-electron chi connectivity index (χ3n) is 3.14. The van der Waals surface area contributed by atoms with Crippen molar-refractivity contribution < 1.29 is 27.1 Å². The van der Waals surface area contributed by atoms with Crippen LogP contribution < -0.4 is 0 Å². The highest BCUT2D eigenvalue weighted by Gasteiger charge is 2.32. The van der Waals surface area contributed by atoms with Crippen molar-refractivity contribution >= 4 is 0 Å². The Morgan fingerprint density at radius 2 is 1.81 bits per heavy atom. The highest BCUT2D eigenvalue weighted by molar-refractivity contribution is 5.21. The van der Waals surface area contributed by atoms with E-state index in [0.29, 0.717) is 0 Å². The summed E-state index contributed by atoms with van der Waals surface area (Å²) in [6.45, 7) is 2.01. The summed E-state index contributed by atoms with van der Waals surface area (Å²) in [4.78, 5) is 1.13. The zero-order valence-electron chi connectivity index (χ0n) is 11.8. The standard InChI is InChI=1S/C14H18F5NO/c1-9(2)20(8-14(17,18)19)7-6-12(21)10-4-3-5-11(15)13(10)16/h3-5,9,12,21H,6-8H2,1-2H3. The second-order valence-corrected chi connectivity index (χ2v) is 5.13. The topological polar surface area (TPSA) is 23.5 Å². The molecule has 0 heterocycles. The lowest BCUT2D eigenvalue weighted by Gasteiger charge is -2.28. The number of hydrogen-bond donors (Lipinski definition) is 1. The van der Waals surface area contributed by atoms with Crippen LogP contribution in [0.25, 0.3) is 0 Å². The first-order valence-corrected chi connectivity index (χ1v) is 6.54. The number of alkyl halides is 3. The normalized spacial score (nSPS) is 14.0. The van der Waals surface area contributed by atoms with Gasteiger partial charge in [-0.05, 0) is 26.3 Å².